The lowest BCUT2D eigenvalue weighted by Crippen LogP contribution is -2.57. The van der Waals surface area contributed by atoms with Gasteiger partial charge in [-0.2, -0.15) is 0 Å². The maximum atomic E-state index is 14.2. The van der Waals surface area contributed by atoms with Crippen LogP contribution in [-0.4, -0.2) is 155 Å². The lowest BCUT2D eigenvalue weighted by Gasteiger charge is -2.39. The normalized spacial score (nSPS) is 18.8. The number of aliphatic hydroxyl groups is 1. The van der Waals surface area contributed by atoms with Gasteiger partial charge >= 0.3 is 0 Å². The van der Waals surface area contributed by atoms with Gasteiger partial charge in [0.05, 0.1) is 43.8 Å². The molecule has 1 aliphatic carbocycles. The number of likely N-dealkylation sites (tertiary alicyclic amines) is 2. The first kappa shape index (κ1) is 72.0. The number of amides is 4. The zero-order valence-electron chi connectivity index (χ0n) is 57.3. The molecule has 3 fully saturated rings. The molecule has 4 amide bonds. The Bertz CT molecular complexity index is 4200. The van der Waals surface area contributed by atoms with E-state index in [-0.39, 0.29) is 66.1 Å². The van der Waals surface area contributed by atoms with Gasteiger partial charge in [0.25, 0.3) is 21.6 Å². The van der Waals surface area contributed by atoms with Crippen LogP contribution in [0.5, 0.6) is 11.5 Å². The number of thiazole rings is 1. The second-order valence-electron chi connectivity index (χ2n) is 28.7. The number of nitrogens with one attached hydrogen (secondary N) is 5. The number of β-amino-alcohol motifs (C(OH)–C–C–N with tert-alkyl or cyclic N) is 1. The molecule has 3 saturated heterocycles. The Kier molecular flexibility index (Phi) is 22.9. The summed E-state index contributed by atoms with van der Waals surface area (Å²) in [6.07, 6.45) is 10.9. The third kappa shape index (κ3) is 18.4. The Morgan fingerprint density at radius 1 is 0.899 bits per heavy atom. The van der Waals surface area contributed by atoms with Gasteiger partial charge in [0.15, 0.2) is 0 Å². The van der Waals surface area contributed by atoms with Crippen LogP contribution in [0.15, 0.2) is 125 Å². The minimum Gasteiger partial charge on any atom is -0.455 e. The first-order valence-corrected chi connectivity index (χ1v) is 37.1. The number of nitro groups is 1. The molecule has 6 heterocycles. The third-order valence-corrected chi connectivity index (χ3v) is 22.1. The lowest BCUT2D eigenvalue weighted by atomic mass is 9.72. The second kappa shape index (κ2) is 31.5. The van der Waals surface area contributed by atoms with E-state index in [1.54, 1.807) is 35.7 Å². The molecule has 99 heavy (non-hydrogen) atoms. The number of aryl methyl sites for hydroxylation is 1. The van der Waals surface area contributed by atoms with E-state index in [9.17, 15) is 42.8 Å². The zero-order chi connectivity index (χ0) is 70.2. The van der Waals surface area contributed by atoms with E-state index in [1.165, 1.54) is 46.0 Å². The number of carbonyl (C=O) groups is 4. The summed E-state index contributed by atoms with van der Waals surface area (Å²) in [5, 5.41) is 33.9. The fourth-order valence-electron chi connectivity index (χ4n) is 14.0. The molecule has 4 aromatic carbocycles. The van der Waals surface area contributed by atoms with Gasteiger partial charge in [-0.3, -0.25) is 34.2 Å². The van der Waals surface area contributed by atoms with Crippen LogP contribution in [0, 0.1) is 33.8 Å². The van der Waals surface area contributed by atoms with E-state index in [2.05, 4.69) is 76.3 Å². The van der Waals surface area contributed by atoms with Crippen LogP contribution in [-0.2, 0) is 31.0 Å². The molecule has 3 aliphatic heterocycles. The van der Waals surface area contributed by atoms with Gasteiger partial charge in [-0.05, 0) is 153 Å². The summed E-state index contributed by atoms with van der Waals surface area (Å²) in [7, 11) is -4.66. The molecule has 7 aromatic rings. The van der Waals surface area contributed by atoms with E-state index >= 15 is 0 Å². The number of nitrogens with zero attached hydrogens (tertiary/aromatic N) is 7. The molecule has 3 aromatic heterocycles. The number of fused-ring (bicyclic) bond motifs is 1. The molecular weight excluding hydrogens is 1320 g/mol. The van der Waals surface area contributed by atoms with Crippen molar-refractivity contribution in [3.63, 3.8) is 0 Å². The SMILES string of the molecule is Cc1ncsc1-c1ccc(CNC(=O)[C@@H]2C[C@@H](O)CN2C(=O)[C@@H](NC(=O)CCCCCCN2CCCC(CNc3ccc(S(=O)(=O)NC(=O)c4ccc(N5CCN(CC6=C(c7ccc(Cl)cc7)CC(C)(C)CC6)CC5)cc4Oc4cnc5[nH]ccc5c4)cc3[N+](=O)[O-])C2)C(C)(C)C)cc1. The smallest absolute Gasteiger partial charge is 0.293 e. The molecule has 6 N–H and O–H groups in total. The number of nitro benzene ring substituents is 1. The molecule has 4 atom stereocenters. The molecule has 0 bridgehead atoms. The van der Waals surface area contributed by atoms with Crippen LogP contribution >= 0.6 is 22.9 Å². The molecule has 4 aliphatic rings. The number of H-pyrrole nitrogens is 1. The van der Waals surface area contributed by atoms with Crippen molar-refractivity contribution in [3.05, 3.63) is 158 Å². The average molecular weight is 1410 g/mol. The van der Waals surface area contributed by atoms with Crippen LogP contribution in [0.1, 0.15) is 132 Å². The number of aromatic nitrogens is 3. The monoisotopic (exact) mass is 1410 g/mol. The van der Waals surface area contributed by atoms with E-state index in [1.807, 2.05) is 75.7 Å². The quantitative estimate of drug-likeness (QED) is 0.0167. The van der Waals surface area contributed by atoms with Gasteiger partial charge in [0.1, 0.15) is 34.9 Å². The average Bonchev–Trinajstić information content (AvgIpc) is 1.32. The number of piperidine rings is 1. The first-order valence-electron chi connectivity index (χ1n) is 34.4. The number of hydrogen-bond acceptors (Lipinski definition) is 17. The zero-order valence-corrected chi connectivity index (χ0v) is 59.7. The Morgan fingerprint density at radius 3 is 2.39 bits per heavy atom. The van der Waals surface area contributed by atoms with Gasteiger partial charge in [0, 0.05) is 106 Å². The number of halogens is 1. The van der Waals surface area contributed by atoms with Crippen molar-refractivity contribution in [2.24, 2.45) is 16.7 Å². The van der Waals surface area contributed by atoms with Crippen LogP contribution in [0.25, 0.3) is 27.0 Å². The van der Waals surface area contributed by atoms with Gasteiger partial charge in [0.2, 0.25) is 17.7 Å². The van der Waals surface area contributed by atoms with Crippen molar-refractivity contribution < 1.29 is 42.4 Å². The molecule has 25 heteroatoms. The molecule has 1 unspecified atom stereocenters. The summed E-state index contributed by atoms with van der Waals surface area (Å²) in [6, 6.07) is 26.5. The summed E-state index contributed by atoms with van der Waals surface area (Å²) in [6.45, 7) is 19.2. The number of carbonyl (C=O) groups excluding carboxylic acids is 4. The highest BCUT2D eigenvalue weighted by Crippen LogP contribution is 2.44. The van der Waals surface area contributed by atoms with Crippen LogP contribution in [0.3, 0.4) is 0 Å². The maximum Gasteiger partial charge on any atom is 0.293 e. The largest absolute Gasteiger partial charge is 0.455 e. The molecule has 526 valence electrons. The molecule has 22 nitrogen and oxygen atoms in total. The van der Waals surface area contributed by atoms with Crippen LogP contribution in [0.4, 0.5) is 17.1 Å². The highest BCUT2D eigenvalue weighted by molar-refractivity contribution is 7.90. The number of hydrogen-bond donors (Lipinski definition) is 6. The number of pyridine rings is 1. The minimum atomic E-state index is -4.66. The number of unbranched alkanes of at least 4 members (excludes halogenated alkanes) is 3. The standard InChI is InChI=1S/C74H91ClN12O10S2/c1-48-67(98-47-80-48)52-16-14-49(15-17-52)41-79-71(91)64-38-57(88)46-86(64)72(92)68(73(2,3)4)81-66(89)13-9-7-8-10-30-83-31-11-12-50(44-83)42-77-62-25-23-59(39-63(62)87(93)94)99(95,96)82-70(90)60-24-22-56(37-65(60)97-58-36-53-27-29-76-69(53)78-43-58)85-34-32-84(33-35-85)45-54-26-28-74(5,6)40-61(54)51-18-20-55(75)21-19-51/h14-25,27,29,36-37,39,43,47,50,57,64,68,77,88H,7-13,26,28,30-35,38,40-42,44-46H2,1-6H3,(H,76,78)(H,79,91)(H,81,89)(H,82,90)/t50?,57-,64+,68-/m1/s1. The van der Waals surface area contributed by atoms with Gasteiger partial charge in [-0.15, -0.1) is 11.3 Å². The third-order valence-electron chi connectivity index (χ3n) is 19.6. The van der Waals surface area contributed by atoms with Gasteiger partial charge in [-0.1, -0.05) is 101 Å². The minimum absolute atomic E-state index is 0.0121. The highest BCUT2D eigenvalue weighted by atomic mass is 35.5. The second-order valence-corrected chi connectivity index (χ2v) is 31.7. The number of rotatable bonds is 26. The number of ether oxygens (including phenoxy) is 1. The Morgan fingerprint density at radius 2 is 1.66 bits per heavy atom. The van der Waals surface area contributed by atoms with E-state index in [0.717, 1.165) is 129 Å². The number of piperazine rings is 1. The predicted octanol–water partition coefficient (Wildman–Crippen LogP) is 12.1. The number of allylic oxidation sites excluding steroid dienone is 1. The molecule has 0 saturated carbocycles. The summed E-state index contributed by atoms with van der Waals surface area (Å²) in [4.78, 5) is 88.4. The summed E-state index contributed by atoms with van der Waals surface area (Å²) in [5.41, 5.74) is 9.34. The number of aliphatic hydroxyl groups excluding tert-OH is 1. The fraction of sp³-hybridized carbons (Fsp3) is 0.459. The highest BCUT2D eigenvalue weighted by Gasteiger charge is 2.45. The van der Waals surface area contributed by atoms with E-state index in [0.29, 0.717) is 42.5 Å². The molecular formula is C74H91ClN12O10S2. The number of benzene rings is 4. The number of sulfonamides is 1. The summed E-state index contributed by atoms with van der Waals surface area (Å²) < 4.78 is 36.7. The molecule has 11 rings (SSSR count). The van der Waals surface area contributed by atoms with Gasteiger partial charge in [-0.25, -0.2) is 23.1 Å². The molecule has 0 spiro atoms. The van der Waals surface area contributed by atoms with Crippen molar-refractivity contribution in [1.29, 1.82) is 0 Å². The van der Waals surface area contributed by atoms with Crippen molar-refractivity contribution in [3.8, 4) is 21.9 Å². The summed E-state index contributed by atoms with van der Waals surface area (Å²) in [5.74, 6) is -1.43. The summed E-state index contributed by atoms with van der Waals surface area (Å²) >= 11 is 7.85. The van der Waals surface area contributed by atoms with E-state index < -0.39 is 60.9 Å². The van der Waals surface area contributed by atoms with E-state index in [4.69, 9.17) is 16.3 Å². The topological polar surface area (TPSA) is 278 Å². The number of anilines is 2. The molecule has 0 radical (unpaired) electrons. The Balaban J connectivity index is 0.643. The van der Waals surface area contributed by atoms with Crippen LogP contribution < -0.4 is 30.3 Å². The first-order chi connectivity index (χ1) is 47.3. The van der Waals surface area contributed by atoms with Crippen molar-refractivity contribution in [2.75, 3.05) is 75.7 Å². The Labute approximate surface area is 588 Å². The van der Waals surface area contributed by atoms with Gasteiger partial charge < -0.3 is 45.5 Å². The van der Waals surface area contributed by atoms with Crippen molar-refractivity contribution >= 4 is 90.3 Å². The fourth-order valence-corrected chi connectivity index (χ4v) is 15.9. The van der Waals surface area contributed by atoms with Crippen molar-refractivity contribution in [1.82, 2.24) is 45.0 Å². The lowest BCUT2D eigenvalue weighted by molar-refractivity contribution is -0.384. The van der Waals surface area contributed by atoms with Crippen molar-refractivity contribution in [2.45, 2.75) is 142 Å². The van der Waals surface area contributed by atoms with Crippen LogP contribution in [0.2, 0.25) is 5.02 Å². The Hall–Kier alpha value is -8.26. The maximum absolute atomic E-state index is 14.2. The number of aromatic amines is 1. The predicted molar refractivity (Wildman–Crippen MR) is 387 cm³/mol.